The molecule has 0 unspecified atom stereocenters. The molecule has 5 rings (SSSR count). The highest BCUT2D eigenvalue weighted by molar-refractivity contribution is 5.95. The maximum absolute atomic E-state index is 13.2. The Morgan fingerprint density at radius 3 is 2.19 bits per heavy atom. The van der Waals surface area contributed by atoms with E-state index < -0.39 is 6.03 Å². The summed E-state index contributed by atoms with van der Waals surface area (Å²) >= 11 is 0. The number of anilines is 1. The van der Waals surface area contributed by atoms with Crippen molar-refractivity contribution in [2.75, 3.05) is 11.4 Å². The summed E-state index contributed by atoms with van der Waals surface area (Å²) in [4.78, 5) is 20.0. The minimum Gasteiger partial charge on any atom is -0.351 e. The lowest BCUT2D eigenvalue weighted by Gasteiger charge is -2.38. The molecule has 0 atom stereocenters. The fraction of sp³-hybridized carbons (Fsp3) is 0.375. The molecule has 5 nitrogen and oxygen atoms in total. The number of nitrogens with two attached hydrogens (primary N) is 1. The topological polar surface area (TPSA) is 64.2 Å². The predicted molar refractivity (Wildman–Crippen MR) is 153 cm³/mol. The zero-order valence-corrected chi connectivity index (χ0v) is 22.4. The highest BCUT2D eigenvalue weighted by Crippen LogP contribution is 2.44. The van der Waals surface area contributed by atoms with E-state index in [1.165, 1.54) is 22.3 Å². The van der Waals surface area contributed by atoms with Gasteiger partial charge in [-0.3, -0.25) is 4.90 Å². The number of fused-ring (bicyclic) bond motifs is 1. The lowest BCUT2D eigenvalue weighted by Crippen LogP contribution is -2.48. The number of nitrogens with zero attached hydrogens (tertiary/aromatic N) is 3. The molecule has 0 bridgehead atoms. The van der Waals surface area contributed by atoms with Crippen molar-refractivity contribution in [1.29, 1.82) is 0 Å². The number of pyridine rings is 1. The third-order valence-electron chi connectivity index (χ3n) is 8.02. The van der Waals surface area contributed by atoms with Crippen molar-refractivity contribution >= 4 is 22.8 Å². The molecule has 0 radical (unpaired) electrons. The highest BCUT2D eigenvalue weighted by Gasteiger charge is 2.41. The molecule has 1 saturated carbocycles. The van der Waals surface area contributed by atoms with E-state index in [-0.39, 0.29) is 17.4 Å². The van der Waals surface area contributed by atoms with Crippen LogP contribution in [0, 0.1) is 0 Å². The number of para-hydroxylation sites is 1. The molecule has 2 aromatic carbocycles. The fourth-order valence-corrected chi connectivity index (χ4v) is 6.16. The van der Waals surface area contributed by atoms with E-state index in [4.69, 9.17) is 10.7 Å². The van der Waals surface area contributed by atoms with Gasteiger partial charge < -0.3 is 10.3 Å². The summed E-state index contributed by atoms with van der Waals surface area (Å²) in [7, 11) is 0. The number of rotatable bonds is 7. The number of hydrogen-bond acceptors (Lipinski definition) is 2. The first-order valence-corrected chi connectivity index (χ1v) is 13.5. The summed E-state index contributed by atoms with van der Waals surface area (Å²) in [5, 5.41) is 1.14. The third-order valence-corrected chi connectivity index (χ3v) is 8.02. The van der Waals surface area contributed by atoms with Crippen LogP contribution >= 0.6 is 0 Å². The average Bonchev–Trinajstić information content (AvgIpc) is 3.53. The normalized spacial score (nSPS) is 15.1. The lowest BCUT2D eigenvalue weighted by atomic mass is 9.90. The number of hydrogen-bond donors (Lipinski definition) is 1. The third kappa shape index (κ3) is 4.52. The summed E-state index contributed by atoms with van der Waals surface area (Å²) in [5.41, 5.74) is 12.5. The Labute approximate surface area is 220 Å². The summed E-state index contributed by atoms with van der Waals surface area (Å²) in [6.07, 6.45) is 8.31. The molecule has 2 aromatic heterocycles. The Bertz CT molecular complexity index is 1370. The standard InChI is InChI=1S/C32H38N4O/c1-22(2)25-14-10-15-26(23(3)4)29(25)35(31(33)37)21-32(17-8-9-18-32)36-20-28(24-12-6-5-7-13-24)27-16-11-19-34-30(27)36/h5-7,10-16,19-20,22-23H,8-9,17-18,21H2,1-4H3,(H2,33,37). The van der Waals surface area contributed by atoms with Crippen LogP contribution < -0.4 is 10.6 Å². The van der Waals surface area contributed by atoms with Gasteiger partial charge in [-0.1, -0.05) is 89.1 Å². The van der Waals surface area contributed by atoms with E-state index in [1.54, 1.807) is 0 Å². The van der Waals surface area contributed by atoms with Crippen molar-refractivity contribution in [1.82, 2.24) is 9.55 Å². The van der Waals surface area contributed by atoms with E-state index in [2.05, 4.69) is 87.0 Å². The number of urea groups is 1. The summed E-state index contributed by atoms with van der Waals surface area (Å²) in [6.45, 7) is 9.26. The van der Waals surface area contributed by atoms with Gasteiger partial charge in [-0.05, 0) is 53.5 Å². The Balaban J connectivity index is 1.69. The maximum Gasteiger partial charge on any atom is 0.319 e. The zero-order valence-electron chi connectivity index (χ0n) is 22.4. The van der Waals surface area contributed by atoms with Crippen LogP contribution in [0.1, 0.15) is 76.3 Å². The van der Waals surface area contributed by atoms with Gasteiger partial charge in [-0.15, -0.1) is 0 Å². The van der Waals surface area contributed by atoms with Crippen molar-refractivity contribution in [2.24, 2.45) is 5.73 Å². The second-order valence-corrected chi connectivity index (χ2v) is 11.1. The van der Waals surface area contributed by atoms with E-state index in [0.29, 0.717) is 6.54 Å². The van der Waals surface area contributed by atoms with Crippen molar-refractivity contribution in [3.05, 3.63) is 84.2 Å². The van der Waals surface area contributed by atoms with Gasteiger partial charge in [0.1, 0.15) is 5.65 Å². The van der Waals surface area contributed by atoms with Crippen molar-refractivity contribution in [3.63, 3.8) is 0 Å². The molecule has 1 aliphatic rings. The average molecular weight is 495 g/mol. The summed E-state index contributed by atoms with van der Waals surface area (Å²) in [5.74, 6) is 0.544. The van der Waals surface area contributed by atoms with Gasteiger partial charge >= 0.3 is 6.03 Å². The van der Waals surface area contributed by atoms with Crippen molar-refractivity contribution in [2.45, 2.75) is 70.8 Å². The molecule has 1 aliphatic carbocycles. The predicted octanol–water partition coefficient (Wildman–Crippen LogP) is 7.80. The molecule has 37 heavy (non-hydrogen) atoms. The fourth-order valence-electron chi connectivity index (χ4n) is 6.16. The molecule has 4 aromatic rings. The van der Waals surface area contributed by atoms with Crippen LogP contribution in [0.2, 0.25) is 0 Å². The minimum absolute atomic E-state index is 0.272. The van der Waals surface area contributed by atoms with Gasteiger partial charge in [-0.25, -0.2) is 9.78 Å². The first kappa shape index (κ1) is 25.1. The van der Waals surface area contributed by atoms with E-state index in [1.807, 2.05) is 23.2 Å². The Hall–Kier alpha value is -3.60. The van der Waals surface area contributed by atoms with Crippen molar-refractivity contribution in [3.8, 4) is 11.1 Å². The van der Waals surface area contributed by atoms with Crippen LogP contribution in [-0.2, 0) is 5.54 Å². The molecule has 2 N–H and O–H groups in total. The van der Waals surface area contributed by atoms with Crippen LogP contribution in [0.25, 0.3) is 22.2 Å². The Morgan fingerprint density at radius 2 is 1.59 bits per heavy atom. The number of primary amides is 1. The second kappa shape index (κ2) is 10.0. The van der Waals surface area contributed by atoms with E-state index >= 15 is 0 Å². The van der Waals surface area contributed by atoms with Gasteiger partial charge in [-0.2, -0.15) is 0 Å². The number of amides is 2. The van der Waals surface area contributed by atoms with Gasteiger partial charge in [0, 0.05) is 23.3 Å². The number of carbonyl (C=O) groups is 1. The number of carbonyl (C=O) groups excluding carboxylic acids is 1. The molecule has 5 heteroatoms. The Kier molecular flexibility index (Phi) is 6.80. The van der Waals surface area contributed by atoms with Crippen LogP contribution in [0.15, 0.2) is 73.1 Å². The largest absolute Gasteiger partial charge is 0.351 e. The van der Waals surface area contributed by atoms with Gasteiger partial charge in [0.25, 0.3) is 0 Å². The molecule has 1 fully saturated rings. The molecule has 192 valence electrons. The summed E-state index contributed by atoms with van der Waals surface area (Å²) in [6, 6.07) is 20.6. The molecular weight excluding hydrogens is 456 g/mol. The lowest BCUT2D eigenvalue weighted by molar-refractivity contribution is 0.245. The van der Waals surface area contributed by atoms with Crippen LogP contribution in [0.5, 0.6) is 0 Å². The molecule has 0 saturated heterocycles. The van der Waals surface area contributed by atoms with Gasteiger partial charge in [0.05, 0.1) is 17.8 Å². The molecule has 2 heterocycles. The smallest absolute Gasteiger partial charge is 0.319 e. The maximum atomic E-state index is 13.2. The van der Waals surface area contributed by atoms with Crippen LogP contribution in [-0.4, -0.2) is 22.1 Å². The molecular formula is C32H38N4O. The highest BCUT2D eigenvalue weighted by atomic mass is 16.2. The van der Waals surface area contributed by atoms with Crippen molar-refractivity contribution < 1.29 is 4.79 Å². The second-order valence-electron chi connectivity index (χ2n) is 11.1. The monoisotopic (exact) mass is 494 g/mol. The van der Waals surface area contributed by atoms with E-state index in [9.17, 15) is 4.79 Å². The zero-order chi connectivity index (χ0) is 26.2. The quantitative estimate of drug-likeness (QED) is 0.285. The van der Waals surface area contributed by atoms with Gasteiger partial charge in [0.2, 0.25) is 0 Å². The van der Waals surface area contributed by atoms with Crippen LogP contribution in [0.3, 0.4) is 0 Å². The molecule has 2 amide bonds. The SMILES string of the molecule is CC(C)c1cccc(C(C)C)c1N(CC1(n2cc(-c3ccccc3)c3cccnc32)CCCC1)C(N)=O. The van der Waals surface area contributed by atoms with Gasteiger partial charge in [0.15, 0.2) is 0 Å². The minimum atomic E-state index is -0.394. The number of benzene rings is 2. The first-order valence-electron chi connectivity index (χ1n) is 13.5. The first-order chi connectivity index (χ1) is 17.8. The Morgan fingerprint density at radius 1 is 0.946 bits per heavy atom. The van der Waals surface area contributed by atoms with Crippen LogP contribution in [0.4, 0.5) is 10.5 Å². The summed E-state index contributed by atoms with van der Waals surface area (Å²) < 4.78 is 2.36. The number of aromatic nitrogens is 2. The van der Waals surface area contributed by atoms with E-state index in [0.717, 1.165) is 42.4 Å². The molecule has 0 spiro atoms. The molecule has 0 aliphatic heterocycles.